The number of imidazole rings is 1. The van der Waals surface area contributed by atoms with Crippen molar-refractivity contribution in [2.75, 3.05) is 0 Å². The van der Waals surface area contributed by atoms with E-state index in [2.05, 4.69) is 9.97 Å². The Bertz CT molecular complexity index is 508. The number of hydrogen-bond acceptors (Lipinski definition) is 2. The van der Waals surface area contributed by atoms with Gasteiger partial charge in [-0.1, -0.05) is 18.2 Å². The quantitative estimate of drug-likeness (QED) is 0.887. The minimum absolute atomic E-state index is 0.0140. The van der Waals surface area contributed by atoms with Crippen molar-refractivity contribution in [3.05, 3.63) is 53.6 Å². The van der Waals surface area contributed by atoms with Crippen molar-refractivity contribution in [1.29, 1.82) is 0 Å². The number of aromatic amines is 1. The summed E-state index contributed by atoms with van der Waals surface area (Å²) in [5.74, 6) is 0.444. The molecule has 0 amide bonds. The minimum atomic E-state index is -4.47. The van der Waals surface area contributed by atoms with Crippen LogP contribution in [0.3, 0.4) is 0 Å². The molecule has 1 atom stereocenters. The molecular weight excluding hydrogens is 245 g/mol. The maximum Gasteiger partial charge on any atom is 0.416 e. The maximum atomic E-state index is 12.8. The molecule has 0 aliphatic rings. The Labute approximate surface area is 101 Å². The molecule has 1 heterocycles. The molecule has 0 saturated carbocycles. The molecule has 2 N–H and O–H groups in total. The molecule has 0 saturated heterocycles. The second kappa shape index (κ2) is 4.81. The number of hydrogen-bond donors (Lipinski definition) is 2. The number of nitrogens with zero attached hydrogens (tertiary/aromatic N) is 1. The highest BCUT2D eigenvalue weighted by Crippen LogP contribution is 2.35. The molecular formula is C12H11F3N2O. The normalized spacial score (nSPS) is 13.6. The molecule has 6 heteroatoms. The van der Waals surface area contributed by atoms with Gasteiger partial charge in [0.1, 0.15) is 5.82 Å². The van der Waals surface area contributed by atoms with Crippen LogP contribution in [0.15, 0.2) is 36.7 Å². The predicted molar refractivity (Wildman–Crippen MR) is 58.7 cm³/mol. The second-order valence-corrected chi connectivity index (χ2v) is 3.84. The molecule has 1 unspecified atom stereocenters. The van der Waals surface area contributed by atoms with Crippen LogP contribution in [0.5, 0.6) is 0 Å². The van der Waals surface area contributed by atoms with E-state index in [0.717, 1.165) is 6.07 Å². The molecule has 0 spiro atoms. The average Bonchev–Trinajstić information content (AvgIpc) is 2.80. The summed E-state index contributed by atoms with van der Waals surface area (Å²) in [5.41, 5.74) is -0.953. The molecule has 2 aromatic rings. The lowest BCUT2D eigenvalue weighted by Gasteiger charge is -2.16. The van der Waals surface area contributed by atoms with E-state index < -0.39 is 17.8 Å². The van der Waals surface area contributed by atoms with Crippen molar-refractivity contribution in [2.45, 2.75) is 18.7 Å². The van der Waals surface area contributed by atoms with Crippen LogP contribution in [0.1, 0.15) is 23.1 Å². The summed E-state index contributed by atoms with van der Waals surface area (Å²) in [6, 6.07) is 5.00. The fraction of sp³-hybridized carbons (Fsp3) is 0.250. The van der Waals surface area contributed by atoms with Crippen LogP contribution in [0, 0.1) is 0 Å². The number of aromatic nitrogens is 2. The molecule has 0 aliphatic heterocycles. The number of halogens is 3. The molecule has 96 valence electrons. The van der Waals surface area contributed by atoms with Crippen molar-refractivity contribution < 1.29 is 18.3 Å². The van der Waals surface area contributed by atoms with Crippen LogP contribution >= 0.6 is 0 Å². The van der Waals surface area contributed by atoms with Crippen molar-refractivity contribution in [3.63, 3.8) is 0 Å². The van der Waals surface area contributed by atoms with E-state index in [1.807, 2.05) is 0 Å². The standard InChI is InChI=1S/C12H11F3N2O/c13-12(14,15)9-4-2-1-3-8(9)10(18)7-11-16-5-6-17-11/h1-6,10,18H,7H2,(H,16,17). The Kier molecular flexibility index (Phi) is 3.38. The highest BCUT2D eigenvalue weighted by molar-refractivity contribution is 5.31. The van der Waals surface area contributed by atoms with Gasteiger partial charge in [0.15, 0.2) is 0 Å². The summed E-state index contributed by atoms with van der Waals surface area (Å²) < 4.78 is 38.3. The summed E-state index contributed by atoms with van der Waals surface area (Å²) in [4.78, 5) is 6.62. The molecule has 0 bridgehead atoms. The SMILES string of the molecule is OC(Cc1ncc[nH]1)c1ccccc1C(F)(F)F. The van der Waals surface area contributed by atoms with E-state index >= 15 is 0 Å². The molecule has 0 radical (unpaired) electrons. The first kappa shape index (κ1) is 12.6. The van der Waals surface area contributed by atoms with Crippen LogP contribution in [0.25, 0.3) is 0 Å². The smallest absolute Gasteiger partial charge is 0.388 e. The zero-order valence-corrected chi connectivity index (χ0v) is 9.28. The van der Waals surface area contributed by atoms with Crippen LogP contribution in [0.4, 0.5) is 13.2 Å². The lowest BCUT2D eigenvalue weighted by Crippen LogP contribution is -2.13. The van der Waals surface area contributed by atoms with Crippen molar-refractivity contribution in [2.24, 2.45) is 0 Å². The lowest BCUT2D eigenvalue weighted by atomic mass is 9.99. The molecule has 3 nitrogen and oxygen atoms in total. The van der Waals surface area contributed by atoms with Crippen molar-refractivity contribution >= 4 is 0 Å². The van der Waals surface area contributed by atoms with Gasteiger partial charge in [-0.15, -0.1) is 0 Å². The van der Waals surface area contributed by atoms with Crippen molar-refractivity contribution in [1.82, 2.24) is 9.97 Å². The highest BCUT2D eigenvalue weighted by atomic mass is 19.4. The first-order valence-corrected chi connectivity index (χ1v) is 5.31. The third-order valence-corrected chi connectivity index (χ3v) is 2.57. The summed E-state index contributed by atoms with van der Waals surface area (Å²) in [6.45, 7) is 0. The van der Waals surface area contributed by atoms with E-state index in [1.54, 1.807) is 6.20 Å². The van der Waals surface area contributed by atoms with Gasteiger partial charge in [0.2, 0.25) is 0 Å². The van der Waals surface area contributed by atoms with Crippen LogP contribution in [-0.2, 0) is 12.6 Å². The van der Waals surface area contributed by atoms with E-state index in [0.29, 0.717) is 5.82 Å². The van der Waals surface area contributed by atoms with Gasteiger partial charge in [0.05, 0.1) is 11.7 Å². The summed E-state index contributed by atoms with van der Waals surface area (Å²) in [5, 5.41) is 9.88. The van der Waals surface area contributed by atoms with Crippen LogP contribution in [-0.4, -0.2) is 15.1 Å². The van der Waals surface area contributed by atoms with Gasteiger partial charge in [0, 0.05) is 18.8 Å². The van der Waals surface area contributed by atoms with Gasteiger partial charge in [-0.3, -0.25) is 0 Å². The number of H-pyrrole nitrogens is 1. The second-order valence-electron chi connectivity index (χ2n) is 3.84. The van der Waals surface area contributed by atoms with Crippen molar-refractivity contribution in [3.8, 4) is 0 Å². The highest BCUT2D eigenvalue weighted by Gasteiger charge is 2.34. The first-order chi connectivity index (χ1) is 8.48. The summed E-state index contributed by atoms with van der Waals surface area (Å²) in [6.07, 6.45) is -2.66. The van der Waals surface area contributed by atoms with E-state index in [9.17, 15) is 18.3 Å². The third kappa shape index (κ3) is 2.70. The molecule has 1 aromatic carbocycles. The van der Waals surface area contributed by atoms with Gasteiger partial charge in [-0.25, -0.2) is 4.98 Å². The van der Waals surface area contributed by atoms with Gasteiger partial charge in [-0.2, -0.15) is 13.2 Å². The van der Waals surface area contributed by atoms with Crippen LogP contribution in [0.2, 0.25) is 0 Å². The topological polar surface area (TPSA) is 48.9 Å². The minimum Gasteiger partial charge on any atom is -0.388 e. The monoisotopic (exact) mass is 256 g/mol. The largest absolute Gasteiger partial charge is 0.416 e. The maximum absolute atomic E-state index is 12.8. The van der Waals surface area contributed by atoms with E-state index in [1.165, 1.54) is 24.4 Å². The number of aliphatic hydroxyl groups is 1. The summed E-state index contributed by atoms with van der Waals surface area (Å²) in [7, 11) is 0. The Morgan fingerprint density at radius 3 is 2.61 bits per heavy atom. The zero-order chi connectivity index (χ0) is 13.2. The Balaban J connectivity index is 2.27. The van der Waals surface area contributed by atoms with E-state index in [4.69, 9.17) is 0 Å². The summed E-state index contributed by atoms with van der Waals surface area (Å²) >= 11 is 0. The molecule has 2 rings (SSSR count). The molecule has 0 fully saturated rings. The number of rotatable bonds is 3. The molecule has 0 aliphatic carbocycles. The third-order valence-electron chi connectivity index (χ3n) is 2.57. The van der Waals surface area contributed by atoms with Crippen LogP contribution < -0.4 is 0 Å². The number of aliphatic hydroxyl groups excluding tert-OH is 1. The van der Waals surface area contributed by atoms with Gasteiger partial charge in [-0.05, 0) is 11.6 Å². The Hall–Kier alpha value is -1.82. The van der Waals surface area contributed by atoms with Gasteiger partial charge in [0.25, 0.3) is 0 Å². The fourth-order valence-corrected chi connectivity index (χ4v) is 1.75. The zero-order valence-electron chi connectivity index (χ0n) is 9.28. The Morgan fingerprint density at radius 2 is 2.00 bits per heavy atom. The average molecular weight is 256 g/mol. The lowest BCUT2D eigenvalue weighted by molar-refractivity contribution is -0.139. The molecule has 18 heavy (non-hydrogen) atoms. The van der Waals surface area contributed by atoms with Gasteiger partial charge < -0.3 is 10.1 Å². The first-order valence-electron chi connectivity index (χ1n) is 5.31. The number of benzene rings is 1. The predicted octanol–water partition coefficient (Wildman–Crippen LogP) is 2.70. The Morgan fingerprint density at radius 1 is 1.28 bits per heavy atom. The molecule has 1 aromatic heterocycles. The number of alkyl halides is 3. The van der Waals surface area contributed by atoms with E-state index in [-0.39, 0.29) is 12.0 Å². The van der Waals surface area contributed by atoms with Gasteiger partial charge >= 0.3 is 6.18 Å². The number of nitrogens with one attached hydrogen (secondary N) is 1. The fourth-order valence-electron chi connectivity index (χ4n) is 1.75.